The van der Waals surface area contributed by atoms with E-state index in [1.165, 1.54) is 5.56 Å². The number of thioether (sulfide) groups is 1. The Labute approximate surface area is 154 Å². The Kier molecular flexibility index (Phi) is 5.21. The Hall–Kier alpha value is -1.78. The molecule has 1 N–H and O–H groups in total. The number of hydrogen-bond donors (Lipinski definition) is 1. The van der Waals surface area contributed by atoms with Crippen LogP contribution in [-0.2, 0) is 10.2 Å². The number of hydrogen-bond acceptors (Lipinski definition) is 3. The summed E-state index contributed by atoms with van der Waals surface area (Å²) in [6.07, 6.45) is -0.666. The summed E-state index contributed by atoms with van der Waals surface area (Å²) in [5.41, 5.74) is 3.35. The molecular formula is C21H25NO2S. The Bertz CT molecular complexity index is 722. The van der Waals surface area contributed by atoms with Crippen LogP contribution >= 0.6 is 11.8 Å². The summed E-state index contributed by atoms with van der Waals surface area (Å²) in [4.78, 5) is 14.1. The summed E-state index contributed by atoms with van der Waals surface area (Å²) >= 11 is 1.63. The summed E-state index contributed by atoms with van der Waals surface area (Å²) in [5, 5.41) is 10.5. The Morgan fingerprint density at radius 2 is 1.76 bits per heavy atom. The van der Waals surface area contributed by atoms with Crippen LogP contribution in [0.3, 0.4) is 0 Å². The molecule has 1 amide bonds. The summed E-state index contributed by atoms with van der Waals surface area (Å²) in [7, 11) is 0. The van der Waals surface area contributed by atoms with Gasteiger partial charge in [-0.3, -0.25) is 4.79 Å². The fourth-order valence-electron chi connectivity index (χ4n) is 3.04. The van der Waals surface area contributed by atoms with Crippen LogP contribution in [0.2, 0.25) is 0 Å². The molecule has 0 aliphatic carbocycles. The minimum absolute atomic E-state index is 0.0279. The molecule has 0 saturated carbocycles. The summed E-state index contributed by atoms with van der Waals surface area (Å²) < 4.78 is 0. The number of nitrogens with zero attached hydrogens (tertiary/aromatic N) is 1. The molecule has 0 spiro atoms. The van der Waals surface area contributed by atoms with Gasteiger partial charge < -0.3 is 10.0 Å². The number of amides is 1. The monoisotopic (exact) mass is 355 g/mol. The van der Waals surface area contributed by atoms with Gasteiger partial charge in [-0.25, -0.2) is 0 Å². The first kappa shape index (κ1) is 18.0. The molecule has 1 heterocycles. The van der Waals surface area contributed by atoms with Crippen molar-refractivity contribution in [3.8, 4) is 0 Å². The third-order valence-electron chi connectivity index (χ3n) is 4.58. The number of carbonyl (C=O) groups excluding carboxylic acids is 1. The lowest BCUT2D eigenvalue weighted by Gasteiger charge is -2.27. The van der Waals surface area contributed by atoms with E-state index in [4.69, 9.17) is 0 Å². The Balaban J connectivity index is 1.78. The van der Waals surface area contributed by atoms with Gasteiger partial charge in [0.25, 0.3) is 0 Å². The van der Waals surface area contributed by atoms with Crippen LogP contribution in [-0.4, -0.2) is 28.2 Å². The summed E-state index contributed by atoms with van der Waals surface area (Å²) in [6.45, 7) is 6.90. The molecule has 0 bridgehead atoms. The highest BCUT2D eigenvalue weighted by molar-refractivity contribution is 8.00. The molecule has 0 unspecified atom stereocenters. The van der Waals surface area contributed by atoms with Crippen molar-refractivity contribution in [1.29, 1.82) is 0 Å². The maximum Gasteiger partial charge on any atom is 0.233 e. The van der Waals surface area contributed by atoms with Crippen LogP contribution < -0.4 is 0 Å². The zero-order valence-electron chi connectivity index (χ0n) is 15.0. The Morgan fingerprint density at radius 3 is 2.36 bits per heavy atom. The average Bonchev–Trinajstić information content (AvgIpc) is 2.96. The van der Waals surface area contributed by atoms with E-state index < -0.39 is 6.10 Å². The molecule has 2 aromatic rings. The average molecular weight is 356 g/mol. The van der Waals surface area contributed by atoms with Crippen molar-refractivity contribution in [2.24, 2.45) is 0 Å². The minimum atomic E-state index is -0.666. The largest absolute Gasteiger partial charge is 0.387 e. The lowest BCUT2D eigenvalue weighted by molar-refractivity contribution is -0.129. The third kappa shape index (κ3) is 4.07. The molecule has 25 heavy (non-hydrogen) atoms. The number of rotatable bonds is 4. The van der Waals surface area contributed by atoms with E-state index in [0.29, 0.717) is 12.3 Å². The number of β-amino-alcohol motifs (C(OH)–C–C–N with tert-alkyl or cyclic N) is 1. The first-order chi connectivity index (χ1) is 11.9. The second-order valence-corrected chi connectivity index (χ2v) is 8.58. The normalized spacial score (nSPS) is 19.3. The standard InChI is InChI=1S/C21H25NO2S/c1-21(2,3)17-11-9-16(10-12-17)20-22(19(24)14-25-20)13-18(23)15-7-5-4-6-8-15/h4-12,18,20,23H,13-14H2,1-3H3/t18-,20-/m0/s1. The van der Waals surface area contributed by atoms with Gasteiger partial charge in [0.15, 0.2) is 0 Å². The number of benzene rings is 2. The van der Waals surface area contributed by atoms with E-state index in [1.54, 1.807) is 16.7 Å². The molecule has 0 radical (unpaired) electrons. The molecule has 132 valence electrons. The van der Waals surface area contributed by atoms with Crippen molar-refractivity contribution in [1.82, 2.24) is 4.90 Å². The molecule has 3 rings (SSSR count). The van der Waals surface area contributed by atoms with Crippen molar-refractivity contribution in [2.75, 3.05) is 12.3 Å². The molecule has 1 saturated heterocycles. The molecule has 3 nitrogen and oxygen atoms in total. The molecular weight excluding hydrogens is 330 g/mol. The number of carbonyl (C=O) groups is 1. The van der Waals surface area contributed by atoms with Gasteiger partial charge in [0.1, 0.15) is 5.37 Å². The SMILES string of the molecule is CC(C)(C)c1ccc([C@@H]2SCC(=O)N2C[C@H](O)c2ccccc2)cc1. The molecule has 4 heteroatoms. The zero-order valence-corrected chi connectivity index (χ0v) is 15.8. The first-order valence-corrected chi connectivity index (χ1v) is 9.65. The van der Waals surface area contributed by atoms with Gasteiger partial charge in [-0.05, 0) is 22.1 Å². The lowest BCUT2D eigenvalue weighted by atomic mass is 9.86. The molecule has 1 aliphatic heterocycles. The molecule has 1 aliphatic rings. The zero-order chi connectivity index (χ0) is 18.0. The quantitative estimate of drug-likeness (QED) is 0.889. The topological polar surface area (TPSA) is 40.5 Å². The van der Waals surface area contributed by atoms with Crippen LogP contribution in [0.4, 0.5) is 0 Å². The number of aliphatic hydroxyl groups is 1. The van der Waals surface area contributed by atoms with E-state index in [1.807, 2.05) is 30.3 Å². The maximum atomic E-state index is 12.3. The second kappa shape index (κ2) is 7.22. The Morgan fingerprint density at radius 1 is 1.12 bits per heavy atom. The first-order valence-electron chi connectivity index (χ1n) is 8.61. The van der Waals surface area contributed by atoms with Crippen molar-refractivity contribution >= 4 is 17.7 Å². The fourth-order valence-corrected chi connectivity index (χ4v) is 4.24. The van der Waals surface area contributed by atoms with Gasteiger partial charge in [-0.15, -0.1) is 11.8 Å². The van der Waals surface area contributed by atoms with Crippen LogP contribution in [0.25, 0.3) is 0 Å². The van der Waals surface area contributed by atoms with Crippen LogP contribution in [0, 0.1) is 0 Å². The molecule has 1 fully saturated rings. The van der Waals surface area contributed by atoms with Crippen molar-refractivity contribution in [3.05, 3.63) is 71.3 Å². The lowest BCUT2D eigenvalue weighted by Crippen LogP contribution is -2.32. The maximum absolute atomic E-state index is 12.3. The predicted molar refractivity (Wildman–Crippen MR) is 103 cm³/mol. The van der Waals surface area contributed by atoms with Gasteiger partial charge in [0, 0.05) is 0 Å². The van der Waals surface area contributed by atoms with Crippen molar-refractivity contribution in [3.63, 3.8) is 0 Å². The van der Waals surface area contributed by atoms with Crippen LogP contribution in [0.5, 0.6) is 0 Å². The minimum Gasteiger partial charge on any atom is -0.387 e. The molecule has 2 atom stereocenters. The van der Waals surface area contributed by atoms with Gasteiger partial charge in [0.05, 0.1) is 18.4 Å². The molecule has 2 aromatic carbocycles. The third-order valence-corrected chi connectivity index (χ3v) is 5.84. The highest BCUT2D eigenvalue weighted by Crippen LogP contribution is 2.40. The smallest absolute Gasteiger partial charge is 0.233 e. The summed E-state index contributed by atoms with van der Waals surface area (Å²) in [5.74, 6) is 0.553. The van der Waals surface area contributed by atoms with E-state index in [0.717, 1.165) is 11.1 Å². The van der Waals surface area contributed by atoms with Gasteiger partial charge in [-0.2, -0.15) is 0 Å². The highest BCUT2D eigenvalue weighted by atomic mass is 32.2. The predicted octanol–water partition coefficient (Wildman–Crippen LogP) is 4.29. The van der Waals surface area contributed by atoms with E-state index in [9.17, 15) is 9.90 Å². The van der Waals surface area contributed by atoms with E-state index >= 15 is 0 Å². The summed E-state index contributed by atoms with van der Waals surface area (Å²) in [6, 6.07) is 18.0. The van der Waals surface area contributed by atoms with Gasteiger partial charge >= 0.3 is 0 Å². The highest BCUT2D eigenvalue weighted by Gasteiger charge is 2.34. The van der Waals surface area contributed by atoms with Crippen LogP contribution in [0.15, 0.2) is 54.6 Å². The van der Waals surface area contributed by atoms with Gasteiger partial charge in [-0.1, -0.05) is 75.4 Å². The van der Waals surface area contributed by atoms with E-state index in [2.05, 4.69) is 45.0 Å². The van der Waals surface area contributed by atoms with Crippen LogP contribution in [0.1, 0.15) is 48.9 Å². The van der Waals surface area contributed by atoms with Gasteiger partial charge in [0.2, 0.25) is 5.91 Å². The van der Waals surface area contributed by atoms with Crippen molar-refractivity contribution in [2.45, 2.75) is 37.7 Å². The van der Waals surface area contributed by atoms with E-state index in [-0.39, 0.29) is 16.7 Å². The molecule has 0 aromatic heterocycles. The second-order valence-electron chi connectivity index (χ2n) is 7.51. The number of aliphatic hydroxyl groups excluding tert-OH is 1. The van der Waals surface area contributed by atoms with Crippen molar-refractivity contribution < 1.29 is 9.90 Å². The fraction of sp³-hybridized carbons (Fsp3) is 0.381.